The lowest BCUT2D eigenvalue weighted by molar-refractivity contribution is -0.922. The molecule has 6 rings (SSSR count). The number of piperazine rings is 1. The van der Waals surface area contributed by atoms with Crippen LogP contribution in [0.1, 0.15) is 29.6 Å². The van der Waals surface area contributed by atoms with Gasteiger partial charge in [0.05, 0.1) is 30.9 Å². The van der Waals surface area contributed by atoms with Crippen LogP contribution in [0.5, 0.6) is 5.75 Å². The van der Waals surface area contributed by atoms with Crippen molar-refractivity contribution < 1.29 is 14.4 Å². The molecule has 3 aromatic rings. The molecule has 8 heteroatoms. The lowest BCUT2D eigenvalue weighted by atomic mass is 10.1. The van der Waals surface area contributed by atoms with E-state index >= 15 is 0 Å². The average molecular weight is 481 g/mol. The molecule has 1 N–H and O–H groups in total. The summed E-state index contributed by atoms with van der Waals surface area (Å²) >= 11 is 1.91. The number of hydrogen-bond donors (Lipinski definition) is 1. The molecule has 180 valence electrons. The number of quaternary nitrogens is 1. The standard InChI is InChI=1S/C26H33N5O2S/c1-2-33-21-8-4-3-7-20(21)30-10-12-31(13-11-30)25-24-19-6-5-9-22(19)34-26(24)28-23(27-25)18-29-14-16-32-17-15-29/h3-4,7-8H,2,5-6,9-18H2,1H3/p+1. The zero-order chi connectivity index (χ0) is 22.9. The van der Waals surface area contributed by atoms with E-state index in [0.29, 0.717) is 6.61 Å². The van der Waals surface area contributed by atoms with Crippen molar-refractivity contribution >= 4 is 33.1 Å². The number of thiophene rings is 1. The molecule has 1 aromatic carbocycles. The molecule has 0 saturated carbocycles. The third-order valence-corrected chi connectivity index (χ3v) is 8.47. The molecule has 4 heterocycles. The van der Waals surface area contributed by atoms with Crippen LogP contribution in [-0.4, -0.2) is 69.1 Å². The van der Waals surface area contributed by atoms with Crippen molar-refractivity contribution in [1.29, 1.82) is 0 Å². The van der Waals surface area contributed by atoms with Crippen molar-refractivity contribution in [2.75, 3.05) is 68.9 Å². The topological polar surface area (TPSA) is 55.2 Å². The van der Waals surface area contributed by atoms with E-state index in [1.807, 2.05) is 18.3 Å². The van der Waals surface area contributed by atoms with E-state index in [0.717, 1.165) is 70.6 Å². The van der Waals surface area contributed by atoms with Crippen LogP contribution in [0.15, 0.2) is 24.3 Å². The van der Waals surface area contributed by atoms with Crippen LogP contribution in [-0.2, 0) is 24.1 Å². The van der Waals surface area contributed by atoms with E-state index in [-0.39, 0.29) is 0 Å². The SMILES string of the molecule is CCOc1ccccc1N1CCN(c2nc(C[NH+]3CCOCC3)nc3sc4c(c23)CCC4)CC1. The first-order chi connectivity index (χ1) is 16.8. The van der Waals surface area contributed by atoms with Gasteiger partial charge in [-0.25, -0.2) is 9.97 Å². The number of benzene rings is 1. The number of nitrogens with one attached hydrogen (secondary N) is 1. The molecular weight excluding hydrogens is 446 g/mol. The normalized spacial score (nSPS) is 19.1. The molecule has 2 saturated heterocycles. The van der Waals surface area contributed by atoms with Gasteiger partial charge in [-0.15, -0.1) is 11.3 Å². The Morgan fingerprint density at radius 1 is 1.03 bits per heavy atom. The molecule has 0 atom stereocenters. The minimum atomic E-state index is 0.688. The van der Waals surface area contributed by atoms with Gasteiger partial charge in [0, 0.05) is 31.1 Å². The number of fused-ring (bicyclic) bond motifs is 3. The number of morpholine rings is 1. The Bertz CT molecular complexity index is 1150. The Labute approximate surface area is 205 Å². The minimum absolute atomic E-state index is 0.688. The summed E-state index contributed by atoms with van der Waals surface area (Å²) in [6, 6.07) is 8.41. The summed E-state index contributed by atoms with van der Waals surface area (Å²) < 4.78 is 11.5. The summed E-state index contributed by atoms with van der Waals surface area (Å²) in [6.45, 7) is 11.2. The van der Waals surface area contributed by atoms with Gasteiger partial charge in [0.2, 0.25) is 0 Å². The number of anilines is 2. The van der Waals surface area contributed by atoms with Crippen molar-refractivity contribution in [1.82, 2.24) is 9.97 Å². The highest BCUT2D eigenvalue weighted by molar-refractivity contribution is 7.19. The molecule has 1 aliphatic carbocycles. The Hall–Kier alpha value is -2.42. The average Bonchev–Trinajstić information content (AvgIpc) is 3.46. The molecule has 7 nitrogen and oxygen atoms in total. The maximum Gasteiger partial charge on any atom is 0.187 e. The Balaban J connectivity index is 1.28. The third-order valence-electron chi connectivity index (χ3n) is 7.28. The summed E-state index contributed by atoms with van der Waals surface area (Å²) in [5.74, 6) is 3.14. The van der Waals surface area contributed by atoms with Gasteiger partial charge in [-0.3, -0.25) is 0 Å². The lowest BCUT2D eigenvalue weighted by Crippen LogP contribution is -3.12. The molecule has 3 aliphatic rings. The van der Waals surface area contributed by atoms with E-state index < -0.39 is 0 Å². The predicted octanol–water partition coefficient (Wildman–Crippen LogP) is 2.32. The molecule has 0 spiro atoms. The van der Waals surface area contributed by atoms with Gasteiger partial charge in [-0.2, -0.15) is 0 Å². The molecule has 0 amide bonds. The number of aryl methyl sites for hydroxylation is 2. The number of para-hydroxylation sites is 2. The van der Waals surface area contributed by atoms with Gasteiger partial charge < -0.3 is 24.2 Å². The summed E-state index contributed by atoms with van der Waals surface area (Å²) in [6.07, 6.45) is 3.63. The Morgan fingerprint density at radius 2 is 1.82 bits per heavy atom. The Morgan fingerprint density at radius 3 is 2.65 bits per heavy atom. The van der Waals surface area contributed by atoms with E-state index in [2.05, 4.69) is 34.1 Å². The van der Waals surface area contributed by atoms with E-state index in [4.69, 9.17) is 19.4 Å². The first-order valence-corrected chi connectivity index (χ1v) is 13.6. The molecular formula is C26H34N5O2S+. The molecule has 2 fully saturated rings. The second-order valence-electron chi connectivity index (χ2n) is 9.41. The minimum Gasteiger partial charge on any atom is -0.492 e. The molecule has 0 radical (unpaired) electrons. The van der Waals surface area contributed by atoms with Gasteiger partial charge in [0.1, 0.15) is 36.0 Å². The van der Waals surface area contributed by atoms with Crippen LogP contribution in [0.25, 0.3) is 10.2 Å². The highest BCUT2D eigenvalue weighted by Gasteiger charge is 2.28. The number of ether oxygens (including phenoxy) is 2. The third kappa shape index (κ3) is 4.23. The zero-order valence-electron chi connectivity index (χ0n) is 20.0. The van der Waals surface area contributed by atoms with Crippen molar-refractivity contribution in [3.8, 4) is 5.75 Å². The van der Waals surface area contributed by atoms with Crippen molar-refractivity contribution in [3.63, 3.8) is 0 Å². The molecule has 0 unspecified atom stereocenters. The maximum atomic E-state index is 5.90. The summed E-state index contributed by atoms with van der Waals surface area (Å²) in [4.78, 5) is 19.5. The van der Waals surface area contributed by atoms with Gasteiger partial charge in [-0.05, 0) is 43.9 Å². The van der Waals surface area contributed by atoms with Crippen molar-refractivity contribution in [3.05, 3.63) is 40.5 Å². The Kier molecular flexibility index (Phi) is 6.28. The number of aromatic nitrogens is 2. The van der Waals surface area contributed by atoms with Crippen molar-refractivity contribution in [2.45, 2.75) is 32.7 Å². The zero-order valence-corrected chi connectivity index (χ0v) is 20.8. The van der Waals surface area contributed by atoms with Gasteiger partial charge in [0.25, 0.3) is 0 Å². The fourth-order valence-electron chi connectivity index (χ4n) is 5.54. The summed E-state index contributed by atoms with van der Waals surface area (Å²) in [5.41, 5.74) is 2.72. The van der Waals surface area contributed by atoms with Gasteiger partial charge in [0.15, 0.2) is 5.82 Å². The highest BCUT2D eigenvalue weighted by Crippen LogP contribution is 2.41. The van der Waals surface area contributed by atoms with Gasteiger partial charge >= 0.3 is 0 Å². The first kappa shape index (κ1) is 22.1. The number of hydrogen-bond acceptors (Lipinski definition) is 7. The van der Waals surface area contributed by atoms with Crippen LogP contribution in [0.3, 0.4) is 0 Å². The van der Waals surface area contributed by atoms with Crippen LogP contribution in [0.2, 0.25) is 0 Å². The largest absolute Gasteiger partial charge is 0.492 e. The lowest BCUT2D eigenvalue weighted by Gasteiger charge is -2.37. The van der Waals surface area contributed by atoms with Crippen LogP contribution in [0, 0.1) is 0 Å². The molecule has 2 aliphatic heterocycles. The fraction of sp³-hybridized carbons (Fsp3) is 0.538. The second-order valence-corrected chi connectivity index (χ2v) is 10.5. The number of nitrogens with zero attached hydrogens (tertiary/aromatic N) is 4. The van der Waals surface area contributed by atoms with E-state index in [9.17, 15) is 0 Å². The quantitative estimate of drug-likeness (QED) is 0.585. The monoisotopic (exact) mass is 480 g/mol. The van der Waals surface area contributed by atoms with Gasteiger partial charge in [-0.1, -0.05) is 12.1 Å². The number of rotatable bonds is 6. The van der Waals surface area contributed by atoms with E-state index in [1.165, 1.54) is 56.3 Å². The summed E-state index contributed by atoms with van der Waals surface area (Å²) in [7, 11) is 0. The molecule has 34 heavy (non-hydrogen) atoms. The summed E-state index contributed by atoms with van der Waals surface area (Å²) in [5, 5.41) is 1.33. The van der Waals surface area contributed by atoms with Crippen molar-refractivity contribution in [2.24, 2.45) is 0 Å². The maximum absolute atomic E-state index is 5.90. The van der Waals surface area contributed by atoms with E-state index in [1.54, 1.807) is 0 Å². The molecule has 0 bridgehead atoms. The fourth-order valence-corrected chi connectivity index (χ4v) is 6.82. The first-order valence-electron chi connectivity index (χ1n) is 12.7. The predicted molar refractivity (Wildman–Crippen MR) is 137 cm³/mol. The smallest absolute Gasteiger partial charge is 0.187 e. The second kappa shape index (κ2) is 9.68. The van der Waals surface area contributed by atoms with Crippen LogP contribution >= 0.6 is 11.3 Å². The van der Waals surface area contributed by atoms with Crippen LogP contribution < -0.4 is 19.4 Å². The highest BCUT2D eigenvalue weighted by atomic mass is 32.1. The van der Waals surface area contributed by atoms with Crippen LogP contribution in [0.4, 0.5) is 11.5 Å². The molecule has 2 aromatic heterocycles.